The lowest BCUT2D eigenvalue weighted by molar-refractivity contribution is -0.384. The number of rotatable bonds is 5. The Hall–Kier alpha value is -1.86. The first-order valence-electron chi connectivity index (χ1n) is 5.41. The largest absolute Gasteiger partial charge is 0.292 e. The van der Waals surface area contributed by atoms with Crippen LogP contribution in [-0.4, -0.2) is 29.5 Å². The van der Waals surface area contributed by atoms with Crippen LogP contribution in [0.1, 0.15) is 12.5 Å². The van der Waals surface area contributed by atoms with Gasteiger partial charge in [-0.3, -0.25) is 15.0 Å². The van der Waals surface area contributed by atoms with E-state index in [9.17, 15) is 10.1 Å². The van der Waals surface area contributed by atoms with Gasteiger partial charge in [0.15, 0.2) is 0 Å². The topological polar surface area (TPSA) is 46.4 Å². The smallest absolute Gasteiger partial charge is 0.269 e. The van der Waals surface area contributed by atoms with E-state index in [4.69, 9.17) is 6.42 Å². The first-order valence-corrected chi connectivity index (χ1v) is 5.41. The molecule has 4 heteroatoms. The van der Waals surface area contributed by atoms with E-state index < -0.39 is 4.92 Å². The van der Waals surface area contributed by atoms with Crippen molar-refractivity contribution in [2.45, 2.75) is 19.4 Å². The Bertz CT molecular complexity index is 420. The highest BCUT2D eigenvalue weighted by Crippen LogP contribution is 2.14. The molecule has 0 aromatic heterocycles. The summed E-state index contributed by atoms with van der Waals surface area (Å²) in [5.41, 5.74) is 1.20. The van der Waals surface area contributed by atoms with Crippen LogP contribution >= 0.6 is 0 Å². The van der Waals surface area contributed by atoms with Crippen molar-refractivity contribution in [3.8, 4) is 12.3 Å². The van der Waals surface area contributed by atoms with E-state index in [-0.39, 0.29) is 5.69 Å². The molecule has 90 valence electrons. The van der Waals surface area contributed by atoms with E-state index >= 15 is 0 Å². The minimum atomic E-state index is -0.391. The third kappa shape index (κ3) is 3.89. The summed E-state index contributed by atoms with van der Waals surface area (Å²) in [6, 6.07) is 6.95. The van der Waals surface area contributed by atoms with E-state index in [1.165, 1.54) is 12.1 Å². The van der Waals surface area contributed by atoms with Crippen molar-refractivity contribution in [2.24, 2.45) is 0 Å². The zero-order valence-corrected chi connectivity index (χ0v) is 10.1. The highest BCUT2D eigenvalue weighted by atomic mass is 16.6. The molecule has 0 heterocycles. The summed E-state index contributed by atoms with van der Waals surface area (Å²) in [6.45, 7) is 2.69. The Balaban J connectivity index is 2.63. The predicted molar refractivity (Wildman–Crippen MR) is 67.7 cm³/mol. The Kier molecular flexibility index (Phi) is 4.68. The predicted octanol–water partition coefficient (Wildman–Crippen LogP) is 2.09. The van der Waals surface area contributed by atoms with Gasteiger partial charge in [-0.05, 0) is 26.0 Å². The molecule has 0 amide bonds. The number of hydrogen-bond acceptors (Lipinski definition) is 3. The third-order valence-corrected chi connectivity index (χ3v) is 2.77. The Morgan fingerprint density at radius 1 is 1.47 bits per heavy atom. The van der Waals surface area contributed by atoms with Gasteiger partial charge in [0, 0.05) is 18.2 Å². The molecule has 0 saturated heterocycles. The van der Waals surface area contributed by atoms with Gasteiger partial charge in [-0.2, -0.15) is 0 Å². The molecule has 17 heavy (non-hydrogen) atoms. The fourth-order valence-electron chi connectivity index (χ4n) is 1.55. The number of benzene rings is 1. The van der Waals surface area contributed by atoms with Gasteiger partial charge in [0.05, 0.1) is 11.5 Å². The zero-order valence-electron chi connectivity index (χ0n) is 10.1. The molecule has 0 fully saturated rings. The van der Waals surface area contributed by atoms with E-state index in [0.29, 0.717) is 12.6 Å². The van der Waals surface area contributed by atoms with Crippen LogP contribution in [0.2, 0.25) is 0 Å². The number of terminal acetylenes is 1. The molecule has 4 nitrogen and oxygen atoms in total. The standard InChI is InChI=1S/C13H16N2O2/c1-4-9-14(3)11(2)10-12-5-7-13(8-6-12)15(16)17/h1,5-8,11H,9-10H2,2-3H3/t11-/m0/s1. The molecule has 0 saturated carbocycles. The first kappa shape index (κ1) is 13.2. The van der Waals surface area contributed by atoms with Gasteiger partial charge in [-0.1, -0.05) is 18.1 Å². The second kappa shape index (κ2) is 6.02. The number of nitrogens with zero attached hydrogens (tertiary/aromatic N) is 2. The van der Waals surface area contributed by atoms with Gasteiger partial charge in [0.25, 0.3) is 5.69 Å². The van der Waals surface area contributed by atoms with Crippen LogP contribution < -0.4 is 0 Å². The average molecular weight is 232 g/mol. The lowest BCUT2D eigenvalue weighted by Gasteiger charge is -2.22. The maximum atomic E-state index is 10.5. The second-order valence-electron chi connectivity index (χ2n) is 4.10. The lowest BCUT2D eigenvalue weighted by atomic mass is 10.1. The van der Waals surface area contributed by atoms with E-state index in [1.54, 1.807) is 12.1 Å². The Morgan fingerprint density at radius 3 is 2.53 bits per heavy atom. The van der Waals surface area contributed by atoms with Gasteiger partial charge < -0.3 is 0 Å². The molecule has 0 radical (unpaired) electrons. The Labute approximate surface area is 101 Å². The van der Waals surface area contributed by atoms with Gasteiger partial charge in [-0.15, -0.1) is 6.42 Å². The third-order valence-electron chi connectivity index (χ3n) is 2.77. The molecule has 0 bridgehead atoms. The quantitative estimate of drug-likeness (QED) is 0.443. The van der Waals surface area contributed by atoms with Crippen LogP contribution in [0.5, 0.6) is 0 Å². The molecule has 1 aromatic carbocycles. The maximum Gasteiger partial charge on any atom is 0.269 e. The van der Waals surface area contributed by atoms with Crippen LogP contribution in [0.25, 0.3) is 0 Å². The van der Waals surface area contributed by atoms with Crippen molar-refractivity contribution in [2.75, 3.05) is 13.6 Å². The van der Waals surface area contributed by atoms with Crippen molar-refractivity contribution in [3.63, 3.8) is 0 Å². The SMILES string of the molecule is C#CCN(C)[C@@H](C)Cc1ccc([N+](=O)[O-])cc1. The van der Waals surface area contributed by atoms with Crippen molar-refractivity contribution < 1.29 is 4.92 Å². The summed E-state index contributed by atoms with van der Waals surface area (Å²) in [4.78, 5) is 12.2. The summed E-state index contributed by atoms with van der Waals surface area (Å²) in [5, 5.41) is 10.5. The van der Waals surface area contributed by atoms with E-state index in [1.807, 2.05) is 7.05 Å². The summed E-state index contributed by atoms with van der Waals surface area (Å²) >= 11 is 0. The molecule has 0 unspecified atom stereocenters. The highest BCUT2D eigenvalue weighted by molar-refractivity contribution is 5.33. The molecule has 0 aliphatic rings. The van der Waals surface area contributed by atoms with Crippen LogP contribution in [0, 0.1) is 22.5 Å². The van der Waals surface area contributed by atoms with Crippen molar-refractivity contribution in [1.82, 2.24) is 4.90 Å². The number of nitro groups is 1. The second-order valence-corrected chi connectivity index (χ2v) is 4.10. The van der Waals surface area contributed by atoms with Crippen LogP contribution in [0.15, 0.2) is 24.3 Å². The molecule has 0 aliphatic carbocycles. The first-order chi connectivity index (χ1) is 8.04. The Morgan fingerprint density at radius 2 is 2.06 bits per heavy atom. The fraction of sp³-hybridized carbons (Fsp3) is 0.385. The molecular formula is C13H16N2O2. The average Bonchev–Trinajstić information content (AvgIpc) is 2.30. The zero-order chi connectivity index (χ0) is 12.8. The summed E-state index contributed by atoms with van der Waals surface area (Å²) in [7, 11) is 1.97. The number of nitro benzene ring substituents is 1. The number of likely N-dealkylation sites (N-methyl/N-ethyl adjacent to an activating group) is 1. The maximum absolute atomic E-state index is 10.5. The van der Waals surface area contributed by atoms with Gasteiger partial charge >= 0.3 is 0 Å². The van der Waals surface area contributed by atoms with E-state index in [0.717, 1.165) is 12.0 Å². The minimum absolute atomic E-state index is 0.124. The van der Waals surface area contributed by atoms with Crippen LogP contribution in [0.4, 0.5) is 5.69 Å². The molecular weight excluding hydrogens is 216 g/mol. The normalized spacial score (nSPS) is 12.1. The molecule has 1 atom stereocenters. The molecule has 1 aromatic rings. The van der Waals surface area contributed by atoms with Crippen LogP contribution in [0.3, 0.4) is 0 Å². The summed E-state index contributed by atoms with van der Waals surface area (Å²) in [6.07, 6.45) is 6.08. The van der Waals surface area contributed by atoms with Gasteiger partial charge in [0.1, 0.15) is 0 Å². The van der Waals surface area contributed by atoms with Crippen molar-refractivity contribution in [3.05, 3.63) is 39.9 Å². The number of non-ortho nitro benzene ring substituents is 1. The van der Waals surface area contributed by atoms with Crippen molar-refractivity contribution >= 4 is 5.69 Å². The summed E-state index contributed by atoms with van der Waals surface area (Å²) < 4.78 is 0. The van der Waals surface area contributed by atoms with Crippen molar-refractivity contribution in [1.29, 1.82) is 0 Å². The van der Waals surface area contributed by atoms with Gasteiger partial charge in [-0.25, -0.2) is 0 Å². The monoisotopic (exact) mass is 232 g/mol. The summed E-state index contributed by atoms with van der Waals surface area (Å²) in [5.74, 6) is 2.59. The lowest BCUT2D eigenvalue weighted by Crippen LogP contribution is -2.31. The number of hydrogen-bond donors (Lipinski definition) is 0. The van der Waals surface area contributed by atoms with Crippen LogP contribution in [-0.2, 0) is 6.42 Å². The fourth-order valence-corrected chi connectivity index (χ4v) is 1.55. The highest BCUT2D eigenvalue weighted by Gasteiger charge is 2.10. The molecule has 0 N–H and O–H groups in total. The van der Waals surface area contributed by atoms with Gasteiger partial charge in [0.2, 0.25) is 0 Å². The van der Waals surface area contributed by atoms with E-state index in [2.05, 4.69) is 17.7 Å². The minimum Gasteiger partial charge on any atom is -0.292 e. The molecule has 1 rings (SSSR count). The molecule has 0 spiro atoms. The molecule has 0 aliphatic heterocycles.